The van der Waals surface area contributed by atoms with Crippen LogP contribution in [0.1, 0.15) is 23.6 Å². The van der Waals surface area contributed by atoms with Crippen molar-refractivity contribution in [1.29, 1.82) is 0 Å². The first kappa shape index (κ1) is 31.5. The summed E-state index contributed by atoms with van der Waals surface area (Å²) in [7, 11) is 1.59. The lowest BCUT2D eigenvalue weighted by molar-refractivity contribution is -0.147. The molecule has 3 amide bonds. The highest BCUT2D eigenvalue weighted by molar-refractivity contribution is 8.00. The lowest BCUT2D eigenvalue weighted by atomic mass is 9.99. The Balaban J connectivity index is 1.44. The maximum atomic E-state index is 13.7. The van der Waals surface area contributed by atoms with Crippen molar-refractivity contribution in [2.75, 3.05) is 18.7 Å². The zero-order valence-corrected chi connectivity index (χ0v) is 25.6. The number of thioether (sulfide) groups is 2. The highest BCUT2D eigenvalue weighted by Gasteiger charge is 2.43. The van der Waals surface area contributed by atoms with E-state index in [1.807, 2.05) is 92.7 Å². The Morgan fingerprint density at radius 2 is 1.74 bits per heavy atom. The van der Waals surface area contributed by atoms with Crippen molar-refractivity contribution >= 4 is 41.2 Å². The first-order valence-electron chi connectivity index (χ1n) is 13.8. The molecule has 1 aliphatic rings. The van der Waals surface area contributed by atoms with Gasteiger partial charge < -0.3 is 25.4 Å². The number of ether oxygens (including phenoxy) is 1. The molecular weight excluding hydrogens is 571 g/mol. The standard InChI is InChI=1S/C32H37N3O5S2/c1-21-9-7-8-12-24(21)18-33-31(38)29-22(2)42-20-35(29)32(39)30(37)27(17-23-10-5-4-6-11-23)34-28(36)19-41-26-15-13-25(40-3)14-16-26/h4-16,22,27,29-30,37H,17-20H2,1-3H3,(H,33,38)(H,34,36)/t22?,27-,29-,30-/m0/s1. The predicted molar refractivity (Wildman–Crippen MR) is 167 cm³/mol. The maximum Gasteiger partial charge on any atom is 0.254 e. The Bertz CT molecular complexity index is 1360. The van der Waals surface area contributed by atoms with E-state index in [2.05, 4.69) is 10.6 Å². The summed E-state index contributed by atoms with van der Waals surface area (Å²) in [5.41, 5.74) is 2.94. The van der Waals surface area contributed by atoms with E-state index in [0.717, 1.165) is 27.3 Å². The van der Waals surface area contributed by atoms with Crippen LogP contribution >= 0.6 is 23.5 Å². The molecular formula is C32H37N3O5S2. The normalized spacial score (nSPS) is 17.8. The lowest BCUT2D eigenvalue weighted by Gasteiger charge is -2.30. The third kappa shape index (κ3) is 8.30. The van der Waals surface area contributed by atoms with E-state index in [0.29, 0.717) is 6.54 Å². The Labute approximate surface area is 255 Å². The van der Waals surface area contributed by atoms with Gasteiger partial charge in [-0.3, -0.25) is 14.4 Å². The van der Waals surface area contributed by atoms with Gasteiger partial charge in [-0.15, -0.1) is 23.5 Å². The highest BCUT2D eigenvalue weighted by atomic mass is 32.2. The van der Waals surface area contributed by atoms with E-state index in [1.54, 1.807) is 7.11 Å². The summed E-state index contributed by atoms with van der Waals surface area (Å²) in [5.74, 6) is -0.0364. The third-order valence-electron chi connectivity index (χ3n) is 7.23. The van der Waals surface area contributed by atoms with Crippen molar-refractivity contribution in [3.63, 3.8) is 0 Å². The van der Waals surface area contributed by atoms with E-state index in [-0.39, 0.29) is 35.1 Å². The second kappa shape index (κ2) is 15.1. The quantitative estimate of drug-likeness (QED) is 0.269. The van der Waals surface area contributed by atoms with E-state index >= 15 is 0 Å². The van der Waals surface area contributed by atoms with Crippen LogP contribution in [0.2, 0.25) is 0 Å². The van der Waals surface area contributed by atoms with E-state index in [9.17, 15) is 19.5 Å². The molecule has 8 nitrogen and oxygen atoms in total. The molecule has 4 rings (SSSR count). The predicted octanol–water partition coefficient (Wildman–Crippen LogP) is 3.79. The summed E-state index contributed by atoms with van der Waals surface area (Å²) in [6.45, 7) is 4.24. The van der Waals surface area contributed by atoms with Crippen LogP contribution in [0.3, 0.4) is 0 Å². The fourth-order valence-electron chi connectivity index (χ4n) is 4.79. The van der Waals surface area contributed by atoms with Gasteiger partial charge in [-0.1, -0.05) is 61.5 Å². The summed E-state index contributed by atoms with van der Waals surface area (Å²) in [4.78, 5) is 42.3. The minimum absolute atomic E-state index is 0.110. The van der Waals surface area contributed by atoms with Gasteiger partial charge in [0.15, 0.2) is 6.10 Å². The maximum absolute atomic E-state index is 13.7. The second-order valence-electron chi connectivity index (χ2n) is 10.2. The average Bonchev–Trinajstić information content (AvgIpc) is 3.40. The first-order chi connectivity index (χ1) is 20.3. The molecule has 1 fully saturated rings. The van der Waals surface area contributed by atoms with Gasteiger partial charge in [0.25, 0.3) is 5.91 Å². The van der Waals surface area contributed by atoms with Crippen molar-refractivity contribution in [3.8, 4) is 5.75 Å². The molecule has 3 aromatic carbocycles. The van der Waals surface area contributed by atoms with Gasteiger partial charge in [0.2, 0.25) is 11.8 Å². The first-order valence-corrected chi connectivity index (χ1v) is 15.8. The number of hydrogen-bond acceptors (Lipinski definition) is 7. The number of hydrogen-bond donors (Lipinski definition) is 3. The van der Waals surface area contributed by atoms with Crippen molar-refractivity contribution in [2.24, 2.45) is 0 Å². The number of nitrogens with one attached hydrogen (secondary N) is 2. The Morgan fingerprint density at radius 3 is 2.43 bits per heavy atom. The Morgan fingerprint density at radius 1 is 1.05 bits per heavy atom. The number of aryl methyl sites for hydroxylation is 1. The summed E-state index contributed by atoms with van der Waals surface area (Å²) in [5, 5.41) is 17.1. The highest BCUT2D eigenvalue weighted by Crippen LogP contribution is 2.30. The molecule has 0 bridgehead atoms. The van der Waals surface area contributed by atoms with Gasteiger partial charge >= 0.3 is 0 Å². The van der Waals surface area contributed by atoms with Crippen molar-refractivity contribution in [1.82, 2.24) is 15.5 Å². The summed E-state index contributed by atoms with van der Waals surface area (Å²) >= 11 is 2.83. The van der Waals surface area contributed by atoms with Gasteiger partial charge in [0, 0.05) is 16.7 Å². The number of amides is 3. The molecule has 0 aliphatic carbocycles. The van der Waals surface area contributed by atoms with Crippen LogP contribution < -0.4 is 15.4 Å². The zero-order chi connectivity index (χ0) is 30.1. The topological polar surface area (TPSA) is 108 Å². The lowest BCUT2D eigenvalue weighted by Crippen LogP contribution is -2.57. The SMILES string of the molecule is COc1ccc(SCC(=O)N[C@@H](Cc2ccccc2)[C@H](O)C(=O)N2CSC(C)[C@H]2C(=O)NCc2ccccc2C)cc1. The van der Waals surface area contributed by atoms with Crippen molar-refractivity contribution in [2.45, 2.75) is 55.1 Å². The monoisotopic (exact) mass is 607 g/mol. The molecule has 1 saturated heterocycles. The number of carbonyl (C=O) groups is 3. The molecule has 3 aromatic rings. The van der Waals surface area contributed by atoms with E-state index < -0.39 is 24.1 Å². The van der Waals surface area contributed by atoms with Crippen LogP contribution in [0.15, 0.2) is 83.8 Å². The van der Waals surface area contributed by atoms with Gasteiger partial charge in [0.05, 0.1) is 24.8 Å². The van der Waals surface area contributed by atoms with Gasteiger partial charge in [-0.25, -0.2) is 0 Å². The van der Waals surface area contributed by atoms with Crippen molar-refractivity contribution < 1.29 is 24.2 Å². The van der Waals surface area contributed by atoms with Crippen LogP contribution in [0, 0.1) is 6.92 Å². The van der Waals surface area contributed by atoms with Crippen LogP contribution in [-0.4, -0.2) is 69.9 Å². The summed E-state index contributed by atoms with van der Waals surface area (Å²) in [6, 6.07) is 23.0. The van der Waals surface area contributed by atoms with Crippen LogP contribution in [0.25, 0.3) is 0 Å². The summed E-state index contributed by atoms with van der Waals surface area (Å²) < 4.78 is 5.18. The van der Waals surface area contributed by atoms with Gasteiger partial charge in [-0.2, -0.15) is 0 Å². The molecule has 1 unspecified atom stereocenters. The fourth-order valence-corrected chi connectivity index (χ4v) is 6.64. The molecule has 0 saturated carbocycles. The van der Waals surface area contributed by atoms with Crippen molar-refractivity contribution in [3.05, 3.63) is 95.6 Å². The number of carbonyl (C=O) groups excluding carboxylic acids is 3. The molecule has 222 valence electrons. The average molecular weight is 608 g/mol. The number of methoxy groups -OCH3 is 1. The molecule has 10 heteroatoms. The smallest absolute Gasteiger partial charge is 0.254 e. The molecule has 1 aliphatic heterocycles. The number of nitrogens with zero attached hydrogens (tertiary/aromatic N) is 1. The number of rotatable bonds is 12. The van der Waals surface area contributed by atoms with Crippen LogP contribution in [0.4, 0.5) is 0 Å². The van der Waals surface area contributed by atoms with Gasteiger partial charge in [-0.05, 0) is 54.3 Å². The Kier molecular flexibility index (Phi) is 11.3. The molecule has 3 N–H and O–H groups in total. The fraction of sp³-hybridized carbons (Fsp3) is 0.344. The molecule has 0 radical (unpaired) electrons. The third-order valence-corrected chi connectivity index (χ3v) is 9.45. The minimum Gasteiger partial charge on any atom is -0.497 e. The second-order valence-corrected chi connectivity index (χ2v) is 12.6. The molecule has 4 atom stereocenters. The van der Waals surface area contributed by atoms with E-state index in [1.165, 1.54) is 28.4 Å². The number of aliphatic hydroxyl groups is 1. The molecule has 0 spiro atoms. The van der Waals surface area contributed by atoms with Crippen LogP contribution in [-0.2, 0) is 27.3 Å². The number of benzene rings is 3. The zero-order valence-electron chi connectivity index (χ0n) is 24.0. The van der Waals surface area contributed by atoms with E-state index in [4.69, 9.17) is 4.74 Å². The summed E-state index contributed by atoms with van der Waals surface area (Å²) in [6.07, 6.45) is -1.27. The largest absolute Gasteiger partial charge is 0.497 e. The molecule has 1 heterocycles. The Hall–Kier alpha value is -3.47. The molecule has 42 heavy (non-hydrogen) atoms. The molecule has 0 aromatic heterocycles. The minimum atomic E-state index is -1.53. The number of aliphatic hydroxyl groups excluding tert-OH is 1. The van der Waals surface area contributed by atoms with Gasteiger partial charge in [0.1, 0.15) is 11.8 Å². The van der Waals surface area contributed by atoms with Crippen LogP contribution in [0.5, 0.6) is 5.75 Å².